The van der Waals surface area contributed by atoms with E-state index >= 15 is 0 Å². The van der Waals surface area contributed by atoms with Crippen LogP contribution < -0.4 is 5.32 Å². The van der Waals surface area contributed by atoms with Gasteiger partial charge in [0.1, 0.15) is 0 Å². The molecule has 1 amide bonds. The molecule has 1 heterocycles. The van der Waals surface area contributed by atoms with Crippen molar-refractivity contribution in [3.8, 4) is 0 Å². The Morgan fingerprint density at radius 1 is 1.25 bits per heavy atom. The predicted molar refractivity (Wildman–Crippen MR) is 81.1 cm³/mol. The highest BCUT2D eigenvalue weighted by Crippen LogP contribution is 2.49. The minimum Gasteiger partial charge on any atom is -0.350 e. The molecule has 1 aliphatic rings. The first-order chi connectivity index (χ1) is 9.46. The van der Waals surface area contributed by atoms with Crippen LogP contribution in [0.5, 0.6) is 0 Å². The van der Waals surface area contributed by atoms with Crippen molar-refractivity contribution in [3.63, 3.8) is 0 Å². The van der Waals surface area contributed by atoms with Gasteiger partial charge in [-0.25, -0.2) is 0 Å². The van der Waals surface area contributed by atoms with Crippen molar-refractivity contribution in [1.29, 1.82) is 0 Å². The molecule has 0 aliphatic heterocycles. The SMILES string of the molecule is CC(C)(C)C1(C(=O)NCc2ccccn2)CCCCC1. The van der Waals surface area contributed by atoms with Gasteiger partial charge in [-0.1, -0.05) is 46.1 Å². The number of carbonyl (C=O) groups excluding carboxylic acids is 1. The van der Waals surface area contributed by atoms with Crippen LogP contribution in [0.3, 0.4) is 0 Å². The quantitative estimate of drug-likeness (QED) is 0.913. The van der Waals surface area contributed by atoms with Crippen molar-refractivity contribution < 1.29 is 4.79 Å². The fourth-order valence-corrected chi connectivity index (χ4v) is 3.32. The minimum absolute atomic E-state index is 0.00161. The van der Waals surface area contributed by atoms with E-state index in [1.54, 1.807) is 6.20 Å². The van der Waals surface area contributed by atoms with E-state index in [1.807, 2.05) is 18.2 Å². The highest BCUT2D eigenvalue weighted by molar-refractivity contribution is 5.83. The third-order valence-electron chi connectivity index (χ3n) is 4.73. The van der Waals surface area contributed by atoms with Gasteiger partial charge in [0.25, 0.3) is 0 Å². The van der Waals surface area contributed by atoms with E-state index in [4.69, 9.17) is 0 Å². The zero-order valence-electron chi connectivity index (χ0n) is 12.9. The summed E-state index contributed by atoms with van der Waals surface area (Å²) >= 11 is 0. The van der Waals surface area contributed by atoms with Crippen LogP contribution in [-0.4, -0.2) is 10.9 Å². The topological polar surface area (TPSA) is 42.0 Å². The minimum atomic E-state index is -0.222. The summed E-state index contributed by atoms with van der Waals surface area (Å²) in [6, 6.07) is 5.79. The lowest BCUT2D eigenvalue weighted by Crippen LogP contribution is -2.50. The number of hydrogen-bond donors (Lipinski definition) is 1. The van der Waals surface area contributed by atoms with E-state index in [9.17, 15) is 4.79 Å². The summed E-state index contributed by atoms with van der Waals surface area (Å²) in [7, 11) is 0. The molecule has 0 spiro atoms. The van der Waals surface area contributed by atoms with Crippen LogP contribution in [0.1, 0.15) is 58.6 Å². The van der Waals surface area contributed by atoms with E-state index < -0.39 is 0 Å². The summed E-state index contributed by atoms with van der Waals surface area (Å²) < 4.78 is 0. The van der Waals surface area contributed by atoms with Crippen molar-refractivity contribution in [3.05, 3.63) is 30.1 Å². The average molecular weight is 274 g/mol. The van der Waals surface area contributed by atoms with E-state index in [1.165, 1.54) is 6.42 Å². The Bertz CT molecular complexity index is 442. The number of pyridine rings is 1. The summed E-state index contributed by atoms with van der Waals surface area (Å²) in [5, 5.41) is 3.11. The number of carbonyl (C=O) groups is 1. The fourth-order valence-electron chi connectivity index (χ4n) is 3.32. The molecule has 110 valence electrons. The molecular formula is C17H26N2O. The third kappa shape index (κ3) is 3.02. The van der Waals surface area contributed by atoms with Crippen LogP contribution >= 0.6 is 0 Å². The average Bonchev–Trinajstić information content (AvgIpc) is 2.45. The Balaban J connectivity index is 2.08. The molecule has 1 saturated carbocycles. The molecule has 1 N–H and O–H groups in total. The summed E-state index contributed by atoms with van der Waals surface area (Å²) in [5.41, 5.74) is 0.697. The Morgan fingerprint density at radius 2 is 1.95 bits per heavy atom. The van der Waals surface area contributed by atoms with Crippen LogP contribution in [0.4, 0.5) is 0 Å². The molecule has 2 rings (SSSR count). The van der Waals surface area contributed by atoms with Gasteiger partial charge >= 0.3 is 0 Å². The van der Waals surface area contributed by atoms with Gasteiger partial charge in [0.15, 0.2) is 0 Å². The standard InChI is InChI=1S/C17H26N2O/c1-16(2,3)17(10-6-4-7-11-17)15(20)19-13-14-9-5-8-12-18-14/h5,8-9,12H,4,6-7,10-11,13H2,1-3H3,(H,19,20). The molecule has 20 heavy (non-hydrogen) atoms. The van der Waals surface area contributed by atoms with Gasteiger partial charge in [-0.15, -0.1) is 0 Å². The Hall–Kier alpha value is -1.38. The zero-order chi connectivity index (χ0) is 14.6. The highest BCUT2D eigenvalue weighted by Gasteiger charge is 2.48. The fraction of sp³-hybridized carbons (Fsp3) is 0.647. The molecular weight excluding hydrogens is 248 g/mol. The van der Waals surface area contributed by atoms with Crippen molar-refractivity contribution in [1.82, 2.24) is 10.3 Å². The molecule has 0 unspecified atom stereocenters. The molecule has 1 aliphatic carbocycles. The van der Waals surface area contributed by atoms with Crippen LogP contribution in [0.25, 0.3) is 0 Å². The molecule has 0 atom stereocenters. The lowest BCUT2D eigenvalue weighted by atomic mass is 9.59. The second-order valence-electron chi connectivity index (χ2n) is 6.90. The van der Waals surface area contributed by atoms with Gasteiger partial charge in [0.05, 0.1) is 17.7 Å². The van der Waals surface area contributed by atoms with Gasteiger partial charge in [-0.3, -0.25) is 9.78 Å². The maximum Gasteiger partial charge on any atom is 0.227 e. The van der Waals surface area contributed by atoms with E-state index in [2.05, 4.69) is 31.1 Å². The summed E-state index contributed by atoms with van der Waals surface area (Å²) in [5.74, 6) is 0.204. The normalized spacial score (nSPS) is 18.6. The maximum absolute atomic E-state index is 12.8. The maximum atomic E-state index is 12.8. The van der Waals surface area contributed by atoms with Crippen molar-refractivity contribution >= 4 is 5.91 Å². The molecule has 3 nitrogen and oxygen atoms in total. The molecule has 3 heteroatoms. The molecule has 1 aromatic heterocycles. The van der Waals surface area contributed by atoms with Gasteiger partial charge in [-0.05, 0) is 30.4 Å². The van der Waals surface area contributed by atoms with Gasteiger partial charge in [0, 0.05) is 6.20 Å². The van der Waals surface area contributed by atoms with E-state index in [0.717, 1.165) is 31.4 Å². The first kappa shape index (κ1) is 15.0. The lowest BCUT2D eigenvalue weighted by molar-refractivity contribution is -0.141. The number of nitrogens with one attached hydrogen (secondary N) is 1. The largest absolute Gasteiger partial charge is 0.350 e. The Labute approximate surface area is 122 Å². The van der Waals surface area contributed by atoms with Crippen LogP contribution in [0, 0.1) is 10.8 Å². The molecule has 0 bridgehead atoms. The Morgan fingerprint density at radius 3 is 2.50 bits per heavy atom. The highest BCUT2D eigenvalue weighted by atomic mass is 16.2. The monoisotopic (exact) mass is 274 g/mol. The van der Waals surface area contributed by atoms with Gasteiger partial charge in [0.2, 0.25) is 5.91 Å². The number of rotatable bonds is 3. The summed E-state index contributed by atoms with van der Waals surface area (Å²) in [6.07, 6.45) is 7.35. The third-order valence-corrected chi connectivity index (χ3v) is 4.73. The molecule has 1 aromatic rings. The molecule has 1 fully saturated rings. The number of hydrogen-bond acceptors (Lipinski definition) is 2. The van der Waals surface area contributed by atoms with Crippen LogP contribution in [0.15, 0.2) is 24.4 Å². The van der Waals surface area contributed by atoms with Crippen molar-refractivity contribution in [2.45, 2.75) is 59.4 Å². The first-order valence-corrected chi connectivity index (χ1v) is 7.64. The number of nitrogens with zero attached hydrogens (tertiary/aromatic N) is 1. The second kappa shape index (κ2) is 5.94. The Kier molecular flexibility index (Phi) is 4.46. The zero-order valence-corrected chi connectivity index (χ0v) is 12.9. The van der Waals surface area contributed by atoms with Crippen LogP contribution in [-0.2, 0) is 11.3 Å². The first-order valence-electron chi connectivity index (χ1n) is 7.64. The van der Waals surface area contributed by atoms with Gasteiger partial charge < -0.3 is 5.32 Å². The summed E-state index contributed by atoms with van der Waals surface area (Å²) in [4.78, 5) is 17.1. The smallest absolute Gasteiger partial charge is 0.227 e. The predicted octanol–water partition coefficient (Wildman–Crippen LogP) is 3.69. The van der Waals surface area contributed by atoms with Crippen LogP contribution in [0.2, 0.25) is 0 Å². The van der Waals surface area contributed by atoms with E-state index in [0.29, 0.717) is 6.54 Å². The molecule has 0 radical (unpaired) electrons. The molecule has 0 aromatic carbocycles. The number of amides is 1. The molecule has 0 saturated heterocycles. The van der Waals surface area contributed by atoms with E-state index in [-0.39, 0.29) is 16.7 Å². The lowest BCUT2D eigenvalue weighted by Gasteiger charge is -2.46. The van der Waals surface area contributed by atoms with Crippen molar-refractivity contribution in [2.24, 2.45) is 10.8 Å². The second-order valence-corrected chi connectivity index (χ2v) is 6.90. The number of aromatic nitrogens is 1. The van der Waals surface area contributed by atoms with Gasteiger partial charge in [-0.2, -0.15) is 0 Å². The van der Waals surface area contributed by atoms with Crippen molar-refractivity contribution in [2.75, 3.05) is 0 Å². The summed E-state index contributed by atoms with van der Waals surface area (Å²) in [6.45, 7) is 7.10.